The van der Waals surface area contributed by atoms with E-state index in [2.05, 4.69) is 11.9 Å². The van der Waals surface area contributed by atoms with Gasteiger partial charge in [0.2, 0.25) is 0 Å². The highest BCUT2D eigenvalue weighted by atomic mass is 16.5. The summed E-state index contributed by atoms with van der Waals surface area (Å²) in [5, 5.41) is 12.3. The lowest BCUT2D eigenvalue weighted by atomic mass is 10.0. The van der Waals surface area contributed by atoms with Crippen molar-refractivity contribution in [1.82, 2.24) is 0 Å². The molecule has 0 aliphatic carbocycles. The minimum Gasteiger partial charge on any atom is -0.490 e. The second-order valence-corrected chi connectivity index (χ2v) is 6.77. The molecule has 2 rings (SSSR count). The molecule has 0 radical (unpaired) electrons. The molecule has 2 aromatic carbocycles. The predicted octanol–water partition coefficient (Wildman–Crippen LogP) is 5.46. The van der Waals surface area contributed by atoms with E-state index < -0.39 is 5.91 Å². The number of nitrogens with zero attached hydrogens (tertiary/aromatic N) is 1. The normalized spacial score (nSPS) is 10.8. The van der Waals surface area contributed by atoms with Gasteiger partial charge in [0.25, 0.3) is 5.91 Å². The van der Waals surface area contributed by atoms with Gasteiger partial charge in [-0.1, -0.05) is 25.1 Å². The third-order valence-electron chi connectivity index (χ3n) is 4.22. The van der Waals surface area contributed by atoms with Crippen molar-refractivity contribution in [2.75, 3.05) is 18.5 Å². The SMILES string of the molecule is C=CCc1cc(/C=C(\C#N)C(=O)Nc2cccc(C)c2)cc(OCC)c1OCCC. The van der Waals surface area contributed by atoms with Gasteiger partial charge in [-0.15, -0.1) is 6.58 Å². The van der Waals surface area contributed by atoms with Gasteiger partial charge in [-0.2, -0.15) is 5.26 Å². The van der Waals surface area contributed by atoms with Gasteiger partial charge < -0.3 is 14.8 Å². The summed E-state index contributed by atoms with van der Waals surface area (Å²) < 4.78 is 11.7. The number of aryl methyl sites for hydroxylation is 1. The fourth-order valence-electron chi connectivity index (χ4n) is 2.94. The van der Waals surface area contributed by atoms with Crippen molar-refractivity contribution in [1.29, 1.82) is 5.26 Å². The molecular weight excluding hydrogens is 376 g/mol. The first kappa shape index (κ1) is 22.8. The summed E-state index contributed by atoms with van der Waals surface area (Å²) in [7, 11) is 0. The molecule has 0 bridgehead atoms. The van der Waals surface area contributed by atoms with Gasteiger partial charge in [-0.25, -0.2) is 0 Å². The second kappa shape index (κ2) is 11.5. The van der Waals surface area contributed by atoms with Crippen molar-refractivity contribution in [2.45, 2.75) is 33.6 Å². The number of carbonyl (C=O) groups excluding carboxylic acids is 1. The van der Waals surface area contributed by atoms with Crippen molar-refractivity contribution in [2.24, 2.45) is 0 Å². The number of hydrogen-bond donors (Lipinski definition) is 1. The molecule has 0 saturated heterocycles. The molecule has 30 heavy (non-hydrogen) atoms. The van der Waals surface area contributed by atoms with Crippen LogP contribution in [0, 0.1) is 18.3 Å². The van der Waals surface area contributed by atoms with Crippen LogP contribution in [0.4, 0.5) is 5.69 Å². The Hall–Kier alpha value is -3.52. The smallest absolute Gasteiger partial charge is 0.266 e. The quantitative estimate of drug-likeness (QED) is 0.324. The highest BCUT2D eigenvalue weighted by Crippen LogP contribution is 2.35. The van der Waals surface area contributed by atoms with Crippen molar-refractivity contribution in [3.8, 4) is 17.6 Å². The summed E-state index contributed by atoms with van der Waals surface area (Å²) in [4.78, 5) is 12.6. The Labute approximate surface area is 178 Å². The molecule has 5 nitrogen and oxygen atoms in total. The molecule has 0 aliphatic heterocycles. The number of ether oxygens (including phenoxy) is 2. The lowest BCUT2D eigenvalue weighted by Gasteiger charge is -2.16. The molecule has 2 aromatic rings. The Kier molecular flexibility index (Phi) is 8.71. The molecule has 1 N–H and O–H groups in total. The Morgan fingerprint density at radius 3 is 2.67 bits per heavy atom. The van der Waals surface area contributed by atoms with Crippen LogP contribution in [0.5, 0.6) is 11.5 Å². The monoisotopic (exact) mass is 404 g/mol. The van der Waals surface area contributed by atoms with Crippen LogP contribution in [0.1, 0.15) is 37.0 Å². The number of benzene rings is 2. The lowest BCUT2D eigenvalue weighted by molar-refractivity contribution is -0.112. The topological polar surface area (TPSA) is 71.4 Å². The molecule has 0 atom stereocenters. The van der Waals surface area contributed by atoms with Gasteiger partial charge in [0, 0.05) is 11.3 Å². The fraction of sp³-hybridized carbons (Fsp3) is 0.280. The first-order valence-electron chi connectivity index (χ1n) is 10.1. The van der Waals surface area contributed by atoms with Gasteiger partial charge in [0.05, 0.1) is 13.2 Å². The van der Waals surface area contributed by atoms with Crippen LogP contribution in [-0.4, -0.2) is 19.1 Å². The summed E-state index contributed by atoms with van der Waals surface area (Å²) in [6.07, 6.45) is 4.80. The molecule has 0 fully saturated rings. The Morgan fingerprint density at radius 2 is 2.03 bits per heavy atom. The fourth-order valence-corrected chi connectivity index (χ4v) is 2.94. The van der Waals surface area contributed by atoms with Crippen LogP contribution in [0.15, 0.2) is 54.6 Å². The van der Waals surface area contributed by atoms with E-state index in [4.69, 9.17) is 9.47 Å². The van der Waals surface area contributed by atoms with E-state index >= 15 is 0 Å². The zero-order chi connectivity index (χ0) is 21.9. The number of allylic oxidation sites excluding steroid dienone is 1. The number of carbonyl (C=O) groups is 1. The van der Waals surface area contributed by atoms with E-state index in [0.717, 1.165) is 17.5 Å². The van der Waals surface area contributed by atoms with E-state index in [1.165, 1.54) is 0 Å². The maximum atomic E-state index is 12.6. The summed E-state index contributed by atoms with van der Waals surface area (Å²) in [5.41, 5.74) is 3.26. The number of anilines is 1. The molecule has 0 unspecified atom stereocenters. The van der Waals surface area contributed by atoms with Gasteiger partial charge in [0.1, 0.15) is 11.6 Å². The van der Waals surface area contributed by atoms with E-state index in [1.807, 2.05) is 51.1 Å². The zero-order valence-corrected chi connectivity index (χ0v) is 17.8. The van der Waals surface area contributed by atoms with E-state index in [1.54, 1.807) is 24.3 Å². The molecule has 0 aromatic heterocycles. The standard InChI is InChI=1S/C25H28N2O3/c1-5-9-20-14-19(16-23(29-7-3)24(20)30-12-6-2)15-21(17-26)25(28)27-22-11-8-10-18(4)13-22/h5,8,10-11,13-16H,1,6-7,9,12H2,2-4H3,(H,27,28)/b21-15+. The summed E-state index contributed by atoms with van der Waals surface area (Å²) in [6, 6.07) is 13.1. The number of hydrogen-bond acceptors (Lipinski definition) is 4. The predicted molar refractivity (Wildman–Crippen MR) is 121 cm³/mol. The Balaban J connectivity index is 2.41. The zero-order valence-electron chi connectivity index (χ0n) is 17.8. The summed E-state index contributed by atoms with van der Waals surface area (Å²) in [5.74, 6) is 0.809. The van der Waals surface area contributed by atoms with Crippen LogP contribution in [-0.2, 0) is 11.2 Å². The van der Waals surface area contributed by atoms with Crippen LogP contribution in [0.2, 0.25) is 0 Å². The number of nitriles is 1. The first-order valence-corrected chi connectivity index (χ1v) is 10.1. The van der Waals surface area contributed by atoms with Gasteiger partial charge in [-0.3, -0.25) is 4.79 Å². The highest BCUT2D eigenvalue weighted by Gasteiger charge is 2.15. The van der Waals surface area contributed by atoms with Gasteiger partial charge >= 0.3 is 0 Å². The average Bonchev–Trinajstić information content (AvgIpc) is 2.72. The van der Waals surface area contributed by atoms with Crippen LogP contribution in [0.25, 0.3) is 6.08 Å². The highest BCUT2D eigenvalue weighted by molar-refractivity contribution is 6.09. The Morgan fingerprint density at radius 1 is 1.23 bits per heavy atom. The molecule has 0 aliphatic rings. The van der Waals surface area contributed by atoms with Crippen LogP contribution in [0.3, 0.4) is 0 Å². The third-order valence-corrected chi connectivity index (χ3v) is 4.22. The van der Waals surface area contributed by atoms with Gasteiger partial charge in [-0.05, 0) is 68.2 Å². The first-order chi connectivity index (χ1) is 14.5. The van der Waals surface area contributed by atoms with Crippen LogP contribution >= 0.6 is 0 Å². The minimum atomic E-state index is -0.461. The van der Waals surface area contributed by atoms with Crippen molar-refractivity contribution in [3.63, 3.8) is 0 Å². The summed E-state index contributed by atoms with van der Waals surface area (Å²) in [6.45, 7) is 10.7. The maximum Gasteiger partial charge on any atom is 0.266 e. The second-order valence-electron chi connectivity index (χ2n) is 6.77. The third kappa shape index (κ3) is 6.25. The molecule has 5 heteroatoms. The van der Waals surface area contributed by atoms with Crippen molar-refractivity contribution < 1.29 is 14.3 Å². The molecule has 0 spiro atoms. The molecule has 0 heterocycles. The molecular formula is C25H28N2O3. The van der Waals surface area contributed by atoms with Crippen molar-refractivity contribution >= 4 is 17.7 Å². The number of amides is 1. The lowest BCUT2D eigenvalue weighted by Crippen LogP contribution is -2.13. The average molecular weight is 405 g/mol. The summed E-state index contributed by atoms with van der Waals surface area (Å²) >= 11 is 0. The minimum absolute atomic E-state index is 0.00531. The van der Waals surface area contributed by atoms with Crippen molar-refractivity contribution in [3.05, 3.63) is 71.3 Å². The maximum absolute atomic E-state index is 12.6. The molecule has 0 saturated carbocycles. The molecule has 156 valence electrons. The molecule has 1 amide bonds. The Bertz CT molecular complexity index is 971. The van der Waals surface area contributed by atoms with E-state index in [0.29, 0.717) is 42.4 Å². The van der Waals surface area contributed by atoms with Crippen LogP contribution < -0.4 is 14.8 Å². The largest absolute Gasteiger partial charge is 0.490 e. The number of nitrogens with one attached hydrogen (secondary N) is 1. The van der Waals surface area contributed by atoms with Gasteiger partial charge in [0.15, 0.2) is 11.5 Å². The van der Waals surface area contributed by atoms with E-state index in [-0.39, 0.29) is 5.57 Å². The van der Waals surface area contributed by atoms with E-state index in [9.17, 15) is 10.1 Å². The number of rotatable bonds is 10.